The highest BCUT2D eigenvalue weighted by Crippen LogP contribution is 2.33. The Morgan fingerprint density at radius 3 is 2.65 bits per heavy atom. The Morgan fingerprint density at radius 1 is 1.45 bits per heavy atom. The molecule has 20 heavy (non-hydrogen) atoms. The number of nitrogens with one attached hydrogen (secondary N) is 1. The van der Waals surface area contributed by atoms with Gasteiger partial charge in [0.2, 0.25) is 0 Å². The van der Waals surface area contributed by atoms with E-state index in [-0.39, 0.29) is 4.90 Å². The maximum atomic E-state index is 12.4. The first-order valence-electron chi connectivity index (χ1n) is 5.84. The highest BCUT2D eigenvalue weighted by molar-refractivity contribution is 9.11. The van der Waals surface area contributed by atoms with Crippen molar-refractivity contribution in [2.45, 2.75) is 31.7 Å². The van der Waals surface area contributed by atoms with Gasteiger partial charge in [-0.05, 0) is 35.3 Å². The van der Waals surface area contributed by atoms with Crippen molar-refractivity contribution in [3.05, 3.63) is 25.3 Å². The quantitative estimate of drug-likeness (QED) is 0.813. The van der Waals surface area contributed by atoms with Crippen molar-refractivity contribution < 1.29 is 8.42 Å². The molecule has 2 rings (SSSR count). The highest BCUT2D eigenvalue weighted by atomic mass is 79.9. The zero-order valence-electron chi connectivity index (χ0n) is 10.9. The Labute approximate surface area is 134 Å². The number of nitrogens with zero attached hydrogens (tertiary/aromatic N) is 1. The van der Waals surface area contributed by atoms with Crippen LogP contribution in [0.5, 0.6) is 0 Å². The lowest BCUT2D eigenvalue weighted by Crippen LogP contribution is -2.12. The van der Waals surface area contributed by atoms with Crippen LogP contribution >= 0.6 is 38.6 Å². The number of sulfonamides is 1. The van der Waals surface area contributed by atoms with Gasteiger partial charge in [0.15, 0.2) is 5.13 Å². The molecule has 2 aromatic heterocycles. The standard InChI is InChI=1S/C11H14BrN3O2S3/c1-3-8-6(2)18-11(14-8)15-20(16,17)9-4-7(5-13)19-10(9)12/h4H,3,5,13H2,1-2H3,(H,14,15). The van der Waals surface area contributed by atoms with E-state index in [4.69, 9.17) is 5.73 Å². The molecule has 0 aliphatic rings. The van der Waals surface area contributed by atoms with Gasteiger partial charge in [0.25, 0.3) is 10.0 Å². The summed E-state index contributed by atoms with van der Waals surface area (Å²) in [5.74, 6) is 0. The van der Waals surface area contributed by atoms with Crippen molar-refractivity contribution in [3.8, 4) is 0 Å². The summed E-state index contributed by atoms with van der Waals surface area (Å²) in [5.41, 5.74) is 6.45. The van der Waals surface area contributed by atoms with E-state index in [0.29, 0.717) is 15.5 Å². The van der Waals surface area contributed by atoms with E-state index < -0.39 is 10.0 Å². The molecule has 2 heterocycles. The second kappa shape index (κ2) is 6.10. The fourth-order valence-corrected chi connectivity index (χ4v) is 6.35. The number of rotatable bonds is 5. The van der Waals surface area contributed by atoms with Crippen LogP contribution in [-0.4, -0.2) is 13.4 Å². The molecule has 0 radical (unpaired) electrons. The van der Waals surface area contributed by atoms with E-state index in [1.54, 1.807) is 6.07 Å². The second-order valence-corrected chi connectivity index (χ2v) is 9.34. The molecule has 0 spiro atoms. The Bertz CT molecular complexity index is 721. The molecule has 0 amide bonds. The van der Waals surface area contributed by atoms with Crippen molar-refractivity contribution in [3.63, 3.8) is 0 Å². The van der Waals surface area contributed by atoms with E-state index in [2.05, 4.69) is 25.6 Å². The van der Waals surface area contributed by atoms with Crippen LogP contribution in [0.25, 0.3) is 0 Å². The van der Waals surface area contributed by atoms with E-state index >= 15 is 0 Å². The lowest BCUT2D eigenvalue weighted by atomic mass is 10.3. The molecule has 0 bridgehead atoms. The molecule has 3 N–H and O–H groups in total. The molecule has 0 atom stereocenters. The van der Waals surface area contributed by atoms with Crippen LogP contribution in [0.4, 0.5) is 5.13 Å². The summed E-state index contributed by atoms with van der Waals surface area (Å²) in [4.78, 5) is 6.32. The molecule has 0 aromatic carbocycles. The van der Waals surface area contributed by atoms with Crippen molar-refractivity contribution in [1.29, 1.82) is 0 Å². The Morgan fingerprint density at radius 2 is 2.15 bits per heavy atom. The first-order chi connectivity index (χ1) is 9.37. The molecular formula is C11H14BrN3O2S3. The van der Waals surface area contributed by atoms with Crippen LogP contribution < -0.4 is 10.5 Å². The number of nitrogens with two attached hydrogens (primary N) is 1. The minimum Gasteiger partial charge on any atom is -0.326 e. The predicted molar refractivity (Wildman–Crippen MR) is 86.9 cm³/mol. The highest BCUT2D eigenvalue weighted by Gasteiger charge is 2.22. The van der Waals surface area contributed by atoms with Crippen molar-refractivity contribution in [1.82, 2.24) is 4.98 Å². The van der Waals surface area contributed by atoms with E-state index in [1.165, 1.54) is 22.7 Å². The molecule has 0 aliphatic carbocycles. The number of thiophene rings is 1. The fraction of sp³-hybridized carbons (Fsp3) is 0.364. The van der Waals surface area contributed by atoms with E-state index in [9.17, 15) is 8.42 Å². The van der Waals surface area contributed by atoms with Crippen LogP contribution in [0, 0.1) is 6.92 Å². The van der Waals surface area contributed by atoms with Gasteiger partial charge in [-0.1, -0.05) is 6.92 Å². The van der Waals surface area contributed by atoms with Crippen molar-refractivity contribution >= 4 is 53.8 Å². The smallest absolute Gasteiger partial charge is 0.265 e. The van der Waals surface area contributed by atoms with Crippen molar-refractivity contribution in [2.75, 3.05) is 4.72 Å². The minimum atomic E-state index is -3.64. The summed E-state index contributed by atoms with van der Waals surface area (Å²) in [5, 5.41) is 0.395. The van der Waals surface area contributed by atoms with Gasteiger partial charge in [-0.25, -0.2) is 13.4 Å². The fourth-order valence-electron chi connectivity index (χ4n) is 1.65. The third-order valence-electron chi connectivity index (χ3n) is 2.65. The first kappa shape index (κ1) is 15.9. The maximum absolute atomic E-state index is 12.4. The van der Waals surface area contributed by atoms with Crippen LogP contribution in [0.1, 0.15) is 22.4 Å². The Hall–Kier alpha value is -0.480. The average molecular weight is 396 g/mol. The number of thiazole rings is 1. The molecule has 2 aromatic rings. The van der Waals surface area contributed by atoms with Gasteiger partial charge in [0.1, 0.15) is 4.90 Å². The summed E-state index contributed by atoms with van der Waals surface area (Å²) in [6, 6.07) is 1.58. The number of hydrogen-bond acceptors (Lipinski definition) is 6. The third kappa shape index (κ3) is 3.22. The summed E-state index contributed by atoms with van der Waals surface area (Å²) < 4.78 is 27.8. The van der Waals surface area contributed by atoms with Crippen LogP contribution in [-0.2, 0) is 23.0 Å². The second-order valence-electron chi connectivity index (χ2n) is 4.04. The number of hydrogen-bond donors (Lipinski definition) is 2. The van der Waals surface area contributed by atoms with Crippen LogP contribution in [0.3, 0.4) is 0 Å². The van der Waals surface area contributed by atoms with Gasteiger partial charge in [0, 0.05) is 16.3 Å². The largest absolute Gasteiger partial charge is 0.326 e. The first-order valence-corrected chi connectivity index (χ1v) is 9.75. The average Bonchev–Trinajstić information content (AvgIpc) is 2.92. The number of halogens is 1. The van der Waals surface area contributed by atoms with Crippen molar-refractivity contribution in [2.24, 2.45) is 5.73 Å². The summed E-state index contributed by atoms with van der Waals surface area (Å²) in [6.45, 7) is 4.24. The van der Waals surface area contributed by atoms with E-state index in [1.807, 2.05) is 13.8 Å². The molecule has 0 aliphatic heterocycles. The van der Waals surface area contributed by atoms with Gasteiger partial charge in [-0.15, -0.1) is 22.7 Å². The SMILES string of the molecule is CCc1nc(NS(=O)(=O)c2cc(CN)sc2Br)sc1C. The molecule has 0 saturated carbocycles. The topological polar surface area (TPSA) is 85.1 Å². The number of anilines is 1. The normalized spacial score (nSPS) is 11.8. The Kier molecular flexibility index (Phi) is 4.85. The van der Waals surface area contributed by atoms with Gasteiger partial charge in [0.05, 0.1) is 9.48 Å². The zero-order chi connectivity index (χ0) is 14.9. The molecule has 0 saturated heterocycles. The summed E-state index contributed by atoms with van der Waals surface area (Å²) >= 11 is 5.93. The summed E-state index contributed by atoms with van der Waals surface area (Å²) in [6.07, 6.45) is 0.781. The third-order valence-corrected chi connectivity index (χ3v) is 7.32. The molecule has 5 nitrogen and oxygen atoms in total. The van der Waals surface area contributed by atoms with Crippen LogP contribution in [0.15, 0.2) is 14.7 Å². The number of aromatic nitrogens is 1. The van der Waals surface area contributed by atoms with Gasteiger partial charge < -0.3 is 5.73 Å². The van der Waals surface area contributed by atoms with Gasteiger partial charge >= 0.3 is 0 Å². The lowest BCUT2D eigenvalue weighted by molar-refractivity contribution is 0.601. The predicted octanol–water partition coefficient (Wildman–Crippen LogP) is 3.10. The molecule has 110 valence electrons. The summed E-state index contributed by atoms with van der Waals surface area (Å²) in [7, 11) is -3.64. The minimum absolute atomic E-state index is 0.203. The Balaban J connectivity index is 2.32. The zero-order valence-corrected chi connectivity index (χ0v) is 15.0. The molecular weight excluding hydrogens is 382 g/mol. The van der Waals surface area contributed by atoms with Gasteiger partial charge in [-0.3, -0.25) is 4.72 Å². The molecule has 0 unspecified atom stereocenters. The maximum Gasteiger partial charge on any atom is 0.265 e. The van der Waals surface area contributed by atoms with E-state index in [0.717, 1.165) is 21.9 Å². The lowest BCUT2D eigenvalue weighted by Gasteiger charge is -2.03. The molecule has 0 fully saturated rings. The van der Waals surface area contributed by atoms with Gasteiger partial charge in [-0.2, -0.15) is 0 Å². The molecule has 9 heteroatoms. The monoisotopic (exact) mass is 395 g/mol. The number of aryl methyl sites for hydroxylation is 2. The van der Waals surface area contributed by atoms with Crippen LogP contribution in [0.2, 0.25) is 0 Å².